The van der Waals surface area contributed by atoms with Crippen molar-refractivity contribution in [1.82, 2.24) is 0 Å². The maximum atomic E-state index is 10.2. The first kappa shape index (κ1) is 20.9. The molecule has 3 saturated carbocycles. The molecule has 0 aromatic heterocycles. The highest BCUT2D eigenvalue weighted by Crippen LogP contribution is 2.67. The number of hydrogen-bond donors (Lipinski definition) is 2. The summed E-state index contributed by atoms with van der Waals surface area (Å²) < 4.78 is 0. The number of aliphatic hydroxyl groups excluding tert-OH is 1. The summed E-state index contributed by atoms with van der Waals surface area (Å²) in [6.45, 7) is 11.5. The van der Waals surface area contributed by atoms with Crippen molar-refractivity contribution in [3.63, 3.8) is 0 Å². The molecule has 0 bridgehead atoms. The fourth-order valence-electron chi connectivity index (χ4n) is 8.47. The Balaban J connectivity index is 1.52. The number of aliphatic hydroxyl groups is 2. The van der Waals surface area contributed by atoms with Crippen LogP contribution in [0.15, 0.2) is 11.6 Å². The van der Waals surface area contributed by atoms with Gasteiger partial charge in [-0.3, -0.25) is 0 Å². The zero-order chi connectivity index (χ0) is 20.3. The quantitative estimate of drug-likeness (QED) is 0.570. The molecule has 0 aromatic carbocycles. The maximum Gasteiger partial charge on any atom is 0.0724 e. The van der Waals surface area contributed by atoms with Gasteiger partial charge in [0.15, 0.2) is 0 Å². The van der Waals surface area contributed by atoms with E-state index in [1.807, 2.05) is 13.8 Å². The lowest BCUT2D eigenvalue weighted by atomic mass is 9.46. The molecular weight excluding hydrogens is 344 g/mol. The predicted octanol–water partition coefficient (Wildman–Crippen LogP) is 6.11. The van der Waals surface area contributed by atoms with E-state index in [9.17, 15) is 10.2 Å². The van der Waals surface area contributed by atoms with Gasteiger partial charge in [0, 0.05) is 0 Å². The first-order valence-corrected chi connectivity index (χ1v) is 12.2. The number of fused-ring (bicyclic) bond motifs is 5. The third-order valence-electron chi connectivity index (χ3n) is 10.1. The van der Waals surface area contributed by atoms with E-state index in [-0.39, 0.29) is 6.10 Å². The third kappa shape index (κ3) is 3.41. The molecule has 4 aliphatic carbocycles. The average molecular weight is 389 g/mol. The second kappa shape index (κ2) is 7.12. The summed E-state index contributed by atoms with van der Waals surface area (Å²) in [5, 5.41) is 20.4. The molecule has 2 N–H and O–H groups in total. The molecule has 2 heteroatoms. The van der Waals surface area contributed by atoms with Crippen molar-refractivity contribution in [2.24, 2.45) is 40.4 Å². The van der Waals surface area contributed by atoms with E-state index in [1.165, 1.54) is 44.9 Å². The minimum absolute atomic E-state index is 0.194. The van der Waals surface area contributed by atoms with Crippen LogP contribution in [0.1, 0.15) is 98.8 Å². The highest BCUT2D eigenvalue weighted by atomic mass is 16.3. The van der Waals surface area contributed by atoms with Crippen molar-refractivity contribution < 1.29 is 10.2 Å². The van der Waals surface area contributed by atoms with Gasteiger partial charge in [-0.2, -0.15) is 0 Å². The minimum atomic E-state index is -0.531. The first-order valence-electron chi connectivity index (χ1n) is 12.2. The molecule has 0 saturated heterocycles. The number of hydrogen-bond acceptors (Lipinski definition) is 2. The molecule has 2 nitrogen and oxygen atoms in total. The lowest BCUT2D eigenvalue weighted by Crippen LogP contribution is -2.51. The van der Waals surface area contributed by atoms with Gasteiger partial charge in [-0.1, -0.05) is 32.4 Å². The maximum absolute atomic E-state index is 10.2. The smallest absolute Gasteiger partial charge is 0.0724 e. The van der Waals surface area contributed by atoms with Crippen LogP contribution in [-0.2, 0) is 0 Å². The number of allylic oxidation sites excluding steroid dienone is 1. The summed E-state index contributed by atoms with van der Waals surface area (Å²) in [6, 6.07) is 0. The fraction of sp³-hybridized carbons (Fsp3) is 0.923. The Morgan fingerprint density at radius 1 is 1.07 bits per heavy atom. The zero-order valence-corrected chi connectivity index (χ0v) is 19.0. The standard InChI is InChI=1S/C26H44O2/c1-17(10-13-24(2,3)28)21-8-9-22-20-7-6-18-16-19(27)11-14-25(18,4)23(20)12-15-26(21,22)5/h16-17,19-23,27-28H,6-15H2,1-5H3/t17-,19?,20+,21-,22+,23+,25+,26-/m1/s1. The van der Waals surface area contributed by atoms with E-state index in [2.05, 4.69) is 26.8 Å². The van der Waals surface area contributed by atoms with Crippen LogP contribution in [0.5, 0.6) is 0 Å². The monoisotopic (exact) mass is 388 g/mol. The van der Waals surface area contributed by atoms with Gasteiger partial charge >= 0.3 is 0 Å². The molecule has 0 spiro atoms. The highest BCUT2D eigenvalue weighted by molar-refractivity contribution is 5.25. The third-order valence-corrected chi connectivity index (χ3v) is 10.1. The Morgan fingerprint density at radius 3 is 2.54 bits per heavy atom. The van der Waals surface area contributed by atoms with Crippen molar-refractivity contribution in [2.75, 3.05) is 0 Å². The normalized spacial score (nSPS) is 47.0. The van der Waals surface area contributed by atoms with Gasteiger partial charge in [0.25, 0.3) is 0 Å². The molecule has 1 unspecified atom stereocenters. The summed E-state index contributed by atoms with van der Waals surface area (Å²) in [6.07, 6.45) is 14.4. The van der Waals surface area contributed by atoms with Gasteiger partial charge in [-0.05, 0) is 118 Å². The van der Waals surface area contributed by atoms with Crippen molar-refractivity contribution in [1.29, 1.82) is 0 Å². The van der Waals surface area contributed by atoms with Gasteiger partial charge in [0.2, 0.25) is 0 Å². The summed E-state index contributed by atoms with van der Waals surface area (Å²) in [5.74, 6) is 4.17. The van der Waals surface area contributed by atoms with Gasteiger partial charge in [-0.15, -0.1) is 0 Å². The summed E-state index contributed by atoms with van der Waals surface area (Å²) >= 11 is 0. The molecule has 8 atom stereocenters. The second-order valence-corrected chi connectivity index (χ2v) is 12.2. The Hall–Kier alpha value is -0.340. The fourth-order valence-corrected chi connectivity index (χ4v) is 8.47. The Bertz CT molecular complexity index is 616. The molecule has 0 radical (unpaired) electrons. The molecule has 3 fully saturated rings. The lowest BCUT2D eigenvalue weighted by molar-refractivity contribution is -0.0638. The number of rotatable bonds is 4. The van der Waals surface area contributed by atoms with E-state index >= 15 is 0 Å². The molecule has 160 valence electrons. The van der Waals surface area contributed by atoms with E-state index in [1.54, 1.807) is 5.57 Å². The lowest BCUT2D eigenvalue weighted by Gasteiger charge is -2.59. The van der Waals surface area contributed by atoms with Crippen LogP contribution in [-0.4, -0.2) is 21.9 Å². The predicted molar refractivity (Wildman–Crippen MR) is 116 cm³/mol. The van der Waals surface area contributed by atoms with Gasteiger partial charge in [0.05, 0.1) is 11.7 Å². The van der Waals surface area contributed by atoms with Crippen LogP contribution in [0.4, 0.5) is 0 Å². The van der Waals surface area contributed by atoms with E-state index in [0.29, 0.717) is 10.8 Å². The Kier molecular flexibility index (Phi) is 5.32. The van der Waals surface area contributed by atoms with Crippen molar-refractivity contribution in [3.05, 3.63) is 11.6 Å². The topological polar surface area (TPSA) is 40.5 Å². The van der Waals surface area contributed by atoms with Crippen LogP contribution in [0, 0.1) is 40.4 Å². The average Bonchev–Trinajstić information content (AvgIpc) is 2.97. The summed E-state index contributed by atoms with van der Waals surface area (Å²) in [7, 11) is 0. The SMILES string of the molecule is C[C@H](CCC(C)(C)O)[C@H]1CC[C@H]2[C@@H]3CCC4=CC(O)CC[C@]4(C)[C@H]3CC[C@]12C. The van der Waals surface area contributed by atoms with Crippen LogP contribution in [0.3, 0.4) is 0 Å². The van der Waals surface area contributed by atoms with Crippen molar-refractivity contribution in [2.45, 2.75) is 111 Å². The van der Waals surface area contributed by atoms with Crippen LogP contribution in [0.2, 0.25) is 0 Å². The summed E-state index contributed by atoms with van der Waals surface area (Å²) in [5.41, 5.74) is 1.92. The molecule has 0 heterocycles. The molecule has 28 heavy (non-hydrogen) atoms. The summed E-state index contributed by atoms with van der Waals surface area (Å²) in [4.78, 5) is 0. The molecular formula is C26H44O2. The Morgan fingerprint density at radius 2 is 1.82 bits per heavy atom. The van der Waals surface area contributed by atoms with Crippen LogP contribution >= 0.6 is 0 Å². The van der Waals surface area contributed by atoms with Crippen LogP contribution < -0.4 is 0 Å². The minimum Gasteiger partial charge on any atom is -0.390 e. The largest absolute Gasteiger partial charge is 0.390 e. The van der Waals surface area contributed by atoms with Gasteiger partial charge in [-0.25, -0.2) is 0 Å². The van der Waals surface area contributed by atoms with Gasteiger partial charge in [0.1, 0.15) is 0 Å². The molecule has 4 aliphatic rings. The van der Waals surface area contributed by atoms with E-state index < -0.39 is 5.60 Å². The zero-order valence-electron chi connectivity index (χ0n) is 19.0. The van der Waals surface area contributed by atoms with Crippen molar-refractivity contribution in [3.8, 4) is 0 Å². The Labute approximate surface area is 173 Å². The van der Waals surface area contributed by atoms with Crippen LogP contribution in [0.25, 0.3) is 0 Å². The molecule has 0 aliphatic heterocycles. The molecule has 4 rings (SSSR count). The first-order chi connectivity index (χ1) is 13.0. The highest BCUT2D eigenvalue weighted by Gasteiger charge is 2.59. The second-order valence-electron chi connectivity index (χ2n) is 12.2. The van der Waals surface area contributed by atoms with Crippen molar-refractivity contribution >= 4 is 0 Å². The van der Waals surface area contributed by atoms with E-state index in [0.717, 1.165) is 48.9 Å². The molecule has 0 aromatic rings. The van der Waals surface area contributed by atoms with Gasteiger partial charge < -0.3 is 10.2 Å². The van der Waals surface area contributed by atoms with E-state index in [4.69, 9.17) is 0 Å². The molecule has 0 amide bonds.